The standard InChI is InChI=1S/C36H70O5/c1-3-5-7-9-11-13-14-15-16-17-18-19-20-21-23-25-27-29-31-36(39)41-34(32-37)33-40-35(38)30-28-26-24-22-12-10-8-6-4-2/h34,37H,3-33H2,1-2H3/t34-/m0/s1. The lowest BCUT2D eigenvalue weighted by atomic mass is 10.0. The molecular weight excluding hydrogens is 512 g/mol. The van der Waals surface area contributed by atoms with Crippen LogP contribution >= 0.6 is 0 Å². The summed E-state index contributed by atoms with van der Waals surface area (Å²) < 4.78 is 10.5. The summed E-state index contributed by atoms with van der Waals surface area (Å²) in [5.74, 6) is -0.582. The number of carbonyl (C=O) groups excluding carboxylic acids is 2. The van der Waals surface area contributed by atoms with Gasteiger partial charge in [-0.05, 0) is 12.8 Å². The van der Waals surface area contributed by atoms with Crippen LogP contribution in [0.1, 0.15) is 200 Å². The molecule has 0 aliphatic rings. The van der Waals surface area contributed by atoms with Gasteiger partial charge >= 0.3 is 11.9 Å². The number of unbranched alkanes of at least 4 members (excludes halogenated alkanes) is 25. The van der Waals surface area contributed by atoms with Crippen LogP contribution in [0.5, 0.6) is 0 Å². The summed E-state index contributed by atoms with van der Waals surface area (Å²) in [6.45, 7) is 4.13. The average Bonchev–Trinajstić information content (AvgIpc) is 2.97. The van der Waals surface area contributed by atoms with Crippen LogP contribution in [0, 0.1) is 0 Å². The van der Waals surface area contributed by atoms with Crippen LogP contribution in [0.15, 0.2) is 0 Å². The summed E-state index contributed by atoms with van der Waals surface area (Å²) in [6, 6.07) is 0. The third kappa shape index (κ3) is 31.7. The average molecular weight is 583 g/mol. The summed E-state index contributed by atoms with van der Waals surface area (Å²) in [4.78, 5) is 24.1. The van der Waals surface area contributed by atoms with E-state index in [1.54, 1.807) is 0 Å². The molecule has 1 atom stereocenters. The van der Waals surface area contributed by atoms with Crippen LogP contribution in [0.4, 0.5) is 0 Å². The molecule has 0 aromatic heterocycles. The first-order valence-corrected chi connectivity index (χ1v) is 18.1. The van der Waals surface area contributed by atoms with Crippen molar-refractivity contribution in [3.8, 4) is 0 Å². The van der Waals surface area contributed by atoms with E-state index in [1.165, 1.54) is 135 Å². The van der Waals surface area contributed by atoms with Gasteiger partial charge in [-0.3, -0.25) is 9.59 Å². The maximum Gasteiger partial charge on any atom is 0.306 e. The summed E-state index contributed by atoms with van der Waals surface area (Å²) in [6.07, 6.45) is 34.5. The molecule has 5 heteroatoms. The number of rotatable bonds is 33. The lowest BCUT2D eigenvalue weighted by molar-refractivity contribution is -0.161. The zero-order chi connectivity index (χ0) is 30.1. The van der Waals surface area contributed by atoms with Gasteiger partial charge < -0.3 is 14.6 Å². The third-order valence-electron chi connectivity index (χ3n) is 8.15. The second-order valence-electron chi connectivity index (χ2n) is 12.3. The van der Waals surface area contributed by atoms with E-state index in [2.05, 4.69) is 13.8 Å². The van der Waals surface area contributed by atoms with Gasteiger partial charge in [-0.2, -0.15) is 0 Å². The monoisotopic (exact) mass is 583 g/mol. The Morgan fingerprint density at radius 1 is 0.463 bits per heavy atom. The first-order valence-electron chi connectivity index (χ1n) is 18.1. The summed E-state index contributed by atoms with van der Waals surface area (Å²) in [7, 11) is 0. The number of esters is 2. The van der Waals surface area contributed by atoms with Crippen molar-refractivity contribution >= 4 is 11.9 Å². The Balaban J connectivity index is 3.48. The highest BCUT2D eigenvalue weighted by Crippen LogP contribution is 2.15. The number of hydrogen-bond donors (Lipinski definition) is 1. The number of hydrogen-bond acceptors (Lipinski definition) is 5. The van der Waals surface area contributed by atoms with E-state index >= 15 is 0 Å². The van der Waals surface area contributed by atoms with Gasteiger partial charge in [0.2, 0.25) is 0 Å². The van der Waals surface area contributed by atoms with Crippen LogP contribution in [-0.4, -0.2) is 36.4 Å². The molecule has 0 aliphatic carbocycles. The summed E-state index contributed by atoms with van der Waals surface area (Å²) in [5.41, 5.74) is 0. The molecule has 5 nitrogen and oxygen atoms in total. The van der Waals surface area contributed by atoms with Crippen molar-refractivity contribution in [1.82, 2.24) is 0 Å². The Labute approximate surface area is 255 Å². The Morgan fingerprint density at radius 3 is 1.07 bits per heavy atom. The molecule has 0 bridgehead atoms. The topological polar surface area (TPSA) is 72.8 Å². The SMILES string of the molecule is CCCCCCCCCCCCCCCCCCCCC(=O)O[C@@H](CO)COC(=O)CCCCCCCCCCC. The molecular formula is C36H70O5. The van der Waals surface area contributed by atoms with Crippen LogP contribution < -0.4 is 0 Å². The number of ether oxygens (including phenoxy) is 2. The van der Waals surface area contributed by atoms with Gasteiger partial charge in [-0.1, -0.05) is 174 Å². The number of carbonyl (C=O) groups is 2. The smallest absolute Gasteiger partial charge is 0.306 e. The van der Waals surface area contributed by atoms with E-state index in [1.807, 2.05) is 0 Å². The fourth-order valence-corrected chi connectivity index (χ4v) is 5.38. The molecule has 0 heterocycles. The lowest BCUT2D eigenvalue weighted by Gasteiger charge is -2.15. The maximum absolute atomic E-state index is 12.1. The lowest BCUT2D eigenvalue weighted by Crippen LogP contribution is -2.28. The van der Waals surface area contributed by atoms with Crippen molar-refractivity contribution < 1.29 is 24.2 Å². The van der Waals surface area contributed by atoms with E-state index in [4.69, 9.17) is 9.47 Å². The van der Waals surface area contributed by atoms with Crippen molar-refractivity contribution in [3.63, 3.8) is 0 Å². The van der Waals surface area contributed by atoms with Gasteiger partial charge in [0.25, 0.3) is 0 Å². The van der Waals surface area contributed by atoms with Gasteiger partial charge in [0.1, 0.15) is 6.61 Å². The molecule has 0 saturated carbocycles. The normalized spacial score (nSPS) is 12.0. The minimum atomic E-state index is -0.759. The van der Waals surface area contributed by atoms with Gasteiger partial charge in [0.05, 0.1) is 6.61 Å². The molecule has 41 heavy (non-hydrogen) atoms. The highest BCUT2D eigenvalue weighted by atomic mass is 16.6. The molecule has 244 valence electrons. The molecule has 0 spiro atoms. The summed E-state index contributed by atoms with van der Waals surface area (Å²) >= 11 is 0. The summed E-state index contributed by atoms with van der Waals surface area (Å²) in [5, 5.41) is 9.50. The third-order valence-corrected chi connectivity index (χ3v) is 8.15. The molecule has 0 saturated heterocycles. The predicted molar refractivity (Wildman–Crippen MR) is 173 cm³/mol. The molecule has 0 fully saturated rings. The van der Waals surface area contributed by atoms with E-state index in [0.29, 0.717) is 12.8 Å². The van der Waals surface area contributed by atoms with Crippen LogP contribution in [0.2, 0.25) is 0 Å². The minimum absolute atomic E-state index is 0.0579. The first kappa shape index (κ1) is 39.9. The molecule has 0 aromatic rings. The molecule has 0 unspecified atom stereocenters. The zero-order valence-electron chi connectivity index (χ0n) is 27.6. The molecule has 0 aliphatic heterocycles. The van der Waals surface area contributed by atoms with Crippen molar-refractivity contribution in [1.29, 1.82) is 0 Å². The van der Waals surface area contributed by atoms with Crippen LogP contribution in [-0.2, 0) is 19.1 Å². The fraction of sp³-hybridized carbons (Fsp3) is 0.944. The van der Waals surface area contributed by atoms with E-state index in [-0.39, 0.29) is 25.2 Å². The quantitative estimate of drug-likeness (QED) is 0.0615. The zero-order valence-corrected chi connectivity index (χ0v) is 27.6. The second kappa shape index (κ2) is 33.4. The molecule has 0 rings (SSSR count). The maximum atomic E-state index is 12.1. The van der Waals surface area contributed by atoms with Gasteiger partial charge in [-0.25, -0.2) is 0 Å². The Kier molecular flexibility index (Phi) is 32.5. The van der Waals surface area contributed by atoms with Gasteiger partial charge in [0, 0.05) is 12.8 Å². The first-order chi connectivity index (χ1) is 20.1. The highest BCUT2D eigenvalue weighted by Gasteiger charge is 2.16. The van der Waals surface area contributed by atoms with Gasteiger partial charge in [-0.15, -0.1) is 0 Å². The highest BCUT2D eigenvalue weighted by molar-refractivity contribution is 5.70. The fourth-order valence-electron chi connectivity index (χ4n) is 5.38. The van der Waals surface area contributed by atoms with Crippen LogP contribution in [0.3, 0.4) is 0 Å². The van der Waals surface area contributed by atoms with Crippen molar-refractivity contribution in [2.75, 3.05) is 13.2 Å². The van der Waals surface area contributed by atoms with E-state index < -0.39 is 6.10 Å². The number of aliphatic hydroxyl groups is 1. The van der Waals surface area contributed by atoms with Gasteiger partial charge in [0.15, 0.2) is 6.10 Å². The predicted octanol–water partition coefficient (Wildman–Crippen LogP) is 10.8. The Morgan fingerprint density at radius 2 is 0.756 bits per heavy atom. The minimum Gasteiger partial charge on any atom is -0.462 e. The second-order valence-corrected chi connectivity index (χ2v) is 12.3. The van der Waals surface area contributed by atoms with Crippen molar-refractivity contribution in [2.45, 2.75) is 206 Å². The van der Waals surface area contributed by atoms with Crippen molar-refractivity contribution in [3.05, 3.63) is 0 Å². The Hall–Kier alpha value is -1.10. The molecule has 0 aromatic carbocycles. The number of aliphatic hydroxyl groups excluding tert-OH is 1. The van der Waals surface area contributed by atoms with Crippen LogP contribution in [0.25, 0.3) is 0 Å². The van der Waals surface area contributed by atoms with E-state index in [0.717, 1.165) is 38.5 Å². The molecule has 1 N–H and O–H groups in total. The van der Waals surface area contributed by atoms with E-state index in [9.17, 15) is 14.7 Å². The molecule has 0 radical (unpaired) electrons. The van der Waals surface area contributed by atoms with Crippen molar-refractivity contribution in [2.24, 2.45) is 0 Å². The Bertz CT molecular complexity index is 550. The largest absolute Gasteiger partial charge is 0.462 e. The molecule has 0 amide bonds.